The standard InChI is InChI=1S/C24H17ClN2/c25-21-13-11-19(12-14-21)24-26-22-7-3-4-8-23(22)27(24)16-17-9-10-18-5-1-2-6-20(18)15-17/h1-15H,16H2. The first kappa shape index (κ1) is 16.1. The first-order chi connectivity index (χ1) is 13.3. The van der Waals surface area contributed by atoms with Crippen LogP contribution in [-0.2, 0) is 6.54 Å². The van der Waals surface area contributed by atoms with Crippen LogP contribution in [0.3, 0.4) is 0 Å². The zero-order valence-electron chi connectivity index (χ0n) is 14.6. The van der Waals surface area contributed by atoms with Gasteiger partial charge in [-0.3, -0.25) is 0 Å². The third kappa shape index (κ3) is 2.98. The maximum absolute atomic E-state index is 6.08. The van der Waals surface area contributed by atoms with Crippen LogP contribution in [0.5, 0.6) is 0 Å². The zero-order valence-corrected chi connectivity index (χ0v) is 15.4. The van der Waals surface area contributed by atoms with Crippen LogP contribution >= 0.6 is 11.6 Å². The van der Waals surface area contributed by atoms with Gasteiger partial charge in [0.15, 0.2) is 0 Å². The molecular weight excluding hydrogens is 352 g/mol. The highest BCUT2D eigenvalue weighted by atomic mass is 35.5. The van der Waals surface area contributed by atoms with Crippen molar-refractivity contribution in [3.8, 4) is 11.4 Å². The molecule has 3 heteroatoms. The molecule has 0 aliphatic carbocycles. The van der Waals surface area contributed by atoms with Crippen LogP contribution in [0.2, 0.25) is 5.02 Å². The number of imidazole rings is 1. The molecule has 2 nitrogen and oxygen atoms in total. The van der Waals surface area contributed by atoms with E-state index in [-0.39, 0.29) is 0 Å². The summed E-state index contributed by atoms with van der Waals surface area (Å²) in [4.78, 5) is 4.89. The van der Waals surface area contributed by atoms with Crippen molar-refractivity contribution in [1.82, 2.24) is 9.55 Å². The molecule has 130 valence electrons. The molecular formula is C24H17ClN2. The third-order valence-corrected chi connectivity index (χ3v) is 5.16. The second-order valence-corrected chi connectivity index (χ2v) is 7.14. The summed E-state index contributed by atoms with van der Waals surface area (Å²) in [5, 5.41) is 3.25. The van der Waals surface area contributed by atoms with Gasteiger partial charge in [-0.15, -0.1) is 0 Å². The number of nitrogens with zero attached hydrogens (tertiary/aromatic N) is 2. The summed E-state index contributed by atoms with van der Waals surface area (Å²) in [7, 11) is 0. The van der Waals surface area contributed by atoms with Gasteiger partial charge in [-0.05, 0) is 58.8 Å². The van der Waals surface area contributed by atoms with E-state index in [1.54, 1.807) is 0 Å². The molecule has 0 spiro atoms. The average molecular weight is 369 g/mol. The zero-order chi connectivity index (χ0) is 18.2. The van der Waals surface area contributed by atoms with Crippen molar-refractivity contribution < 1.29 is 0 Å². The Kier molecular flexibility index (Phi) is 3.92. The molecule has 0 saturated heterocycles. The molecule has 0 unspecified atom stereocenters. The van der Waals surface area contributed by atoms with Gasteiger partial charge in [0, 0.05) is 17.1 Å². The highest BCUT2D eigenvalue weighted by Crippen LogP contribution is 2.27. The van der Waals surface area contributed by atoms with E-state index in [1.807, 2.05) is 30.3 Å². The van der Waals surface area contributed by atoms with Gasteiger partial charge < -0.3 is 4.57 Å². The fourth-order valence-corrected chi connectivity index (χ4v) is 3.70. The molecule has 0 saturated carbocycles. The quantitative estimate of drug-likeness (QED) is 0.352. The summed E-state index contributed by atoms with van der Waals surface area (Å²) in [6.07, 6.45) is 0. The summed E-state index contributed by atoms with van der Waals surface area (Å²) in [5.74, 6) is 0.959. The van der Waals surface area contributed by atoms with Crippen molar-refractivity contribution in [3.05, 3.63) is 102 Å². The predicted molar refractivity (Wildman–Crippen MR) is 113 cm³/mol. The van der Waals surface area contributed by atoms with Crippen LogP contribution in [0, 0.1) is 0 Å². The van der Waals surface area contributed by atoms with Crippen molar-refractivity contribution in [2.45, 2.75) is 6.54 Å². The fraction of sp³-hybridized carbons (Fsp3) is 0.0417. The van der Waals surface area contributed by atoms with Gasteiger partial charge in [-0.1, -0.05) is 60.1 Å². The molecule has 1 heterocycles. The molecule has 27 heavy (non-hydrogen) atoms. The van der Waals surface area contributed by atoms with Gasteiger partial charge in [0.25, 0.3) is 0 Å². The van der Waals surface area contributed by atoms with Gasteiger partial charge in [0.1, 0.15) is 5.82 Å². The Balaban J connectivity index is 1.66. The Morgan fingerprint density at radius 1 is 0.741 bits per heavy atom. The van der Waals surface area contributed by atoms with Crippen LogP contribution in [0.4, 0.5) is 0 Å². The van der Waals surface area contributed by atoms with E-state index in [0.29, 0.717) is 0 Å². The van der Waals surface area contributed by atoms with E-state index in [1.165, 1.54) is 16.3 Å². The SMILES string of the molecule is Clc1ccc(-c2nc3ccccc3n2Cc2ccc3ccccc3c2)cc1. The average Bonchev–Trinajstić information content (AvgIpc) is 3.07. The van der Waals surface area contributed by atoms with E-state index < -0.39 is 0 Å². The molecule has 0 aliphatic heterocycles. The molecule has 5 rings (SSSR count). The van der Waals surface area contributed by atoms with E-state index in [0.717, 1.165) is 34.0 Å². The van der Waals surface area contributed by atoms with Gasteiger partial charge in [-0.25, -0.2) is 4.98 Å². The van der Waals surface area contributed by atoms with Crippen molar-refractivity contribution in [2.24, 2.45) is 0 Å². The van der Waals surface area contributed by atoms with Gasteiger partial charge in [0.2, 0.25) is 0 Å². The van der Waals surface area contributed by atoms with Crippen LogP contribution in [-0.4, -0.2) is 9.55 Å². The molecule has 0 aliphatic rings. The van der Waals surface area contributed by atoms with Crippen LogP contribution < -0.4 is 0 Å². The molecule has 0 radical (unpaired) electrons. The monoisotopic (exact) mass is 368 g/mol. The summed E-state index contributed by atoms with van der Waals surface area (Å²) in [6.45, 7) is 0.767. The van der Waals surface area contributed by atoms with Gasteiger partial charge >= 0.3 is 0 Å². The summed E-state index contributed by atoms with van der Waals surface area (Å²) < 4.78 is 2.28. The maximum Gasteiger partial charge on any atom is 0.141 e. The largest absolute Gasteiger partial charge is 0.319 e. The van der Waals surface area contributed by atoms with Crippen LogP contribution in [0.15, 0.2) is 91.0 Å². The third-order valence-electron chi connectivity index (χ3n) is 4.91. The smallest absolute Gasteiger partial charge is 0.141 e. The van der Waals surface area contributed by atoms with Crippen molar-refractivity contribution in [3.63, 3.8) is 0 Å². The first-order valence-electron chi connectivity index (χ1n) is 8.97. The lowest BCUT2D eigenvalue weighted by Crippen LogP contribution is -2.02. The van der Waals surface area contributed by atoms with Gasteiger partial charge in [-0.2, -0.15) is 0 Å². The molecule has 0 fully saturated rings. The second kappa shape index (κ2) is 6.57. The Hall–Kier alpha value is -3.10. The molecule has 5 aromatic rings. The lowest BCUT2D eigenvalue weighted by atomic mass is 10.1. The second-order valence-electron chi connectivity index (χ2n) is 6.70. The normalized spacial score (nSPS) is 11.3. The minimum Gasteiger partial charge on any atom is -0.319 e. The van der Waals surface area contributed by atoms with E-state index in [9.17, 15) is 0 Å². The molecule has 4 aromatic carbocycles. The van der Waals surface area contributed by atoms with Gasteiger partial charge in [0.05, 0.1) is 11.0 Å². The Labute approximate surface area is 162 Å². The van der Waals surface area contributed by atoms with E-state index >= 15 is 0 Å². The van der Waals surface area contributed by atoms with Crippen molar-refractivity contribution in [1.29, 1.82) is 0 Å². The Morgan fingerprint density at radius 2 is 1.48 bits per heavy atom. The van der Waals surface area contributed by atoms with Crippen molar-refractivity contribution >= 4 is 33.4 Å². The van der Waals surface area contributed by atoms with E-state index in [2.05, 4.69) is 65.2 Å². The number of aromatic nitrogens is 2. The number of benzene rings is 4. The van der Waals surface area contributed by atoms with Crippen LogP contribution in [0.25, 0.3) is 33.2 Å². The molecule has 0 atom stereocenters. The number of hydrogen-bond acceptors (Lipinski definition) is 1. The lowest BCUT2D eigenvalue weighted by molar-refractivity contribution is 0.835. The number of rotatable bonds is 3. The number of hydrogen-bond donors (Lipinski definition) is 0. The molecule has 0 amide bonds. The number of fused-ring (bicyclic) bond motifs is 2. The predicted octanol–water partition coefficient (Wildman–Crippen LogP) is 6.56. The summed E-state index contributed by atoms with van der Waals surface area (Å²) >= 11 is 6.08. The molecule has 1 aromatic heterocycles. The minimum absolute atomic E-state index is 0.732. The molecule has 0 N–H and O–H groups in total. The number of halogens is 1. The Morgan fingerprint density at radius 3 is 2.33 bits per heavy atom. The summed E-state index contributed by atoms with van der Waals surface area (Å²) in [6, 6.07) is 31.3. The van der Waals surface area contributed by atoms with E-state index in [4.69, 9.17) is 16.6 Å². The highest BCUT2D eigenvalue weighted by molar-refractivity contribution is 6.30. The maximum atomic E-state index is 6.08. The van der Waals surface area contributed by atoms with Crippen LogP contribution in [0.1, 0.15) is 5.56 Å². The topological polar surface area (TPSA) is 17.8 Å². The minimum atomic E-state index is 0.732. The lowest BCUT2D eigenvalue weighted by Gasteiger charge is -2.11. The molecule has 0 bridgehead atoms. The first-order valence-corrected chi connectivity index (χ1v) is 9.35. The fourth-order valence-electron chi connectivity index (χ4n) is 3.57. The number of para-hydroxylation sites is 2. The Bertz CT molecular complexity index is 1250. The summed E-state index contributed by atoms with van der Waals surface area (Å²) in [5.41, 5.74) is 4.46. The van der Waals surface area contributed by atoms with Crippen molar-refractivity contribution in [2.75, 3.05) is 0 Å². The highest BCUT2D eigenvalue weighted by Gasteiger charge is 2.13.